The smallest absolute Gasteiger partial charge is 0.252 e. The molecule has 0 aliphatic rings. The number of para-hydroxylation sites is 2. The van der Waals surface area contributed by atoms with Gasteiger partial charge in [-0.25, -0.2) is 4.98 Å². The summed E-state index contributed by atoms with van der Waals surface area (Å²) in [6.07, 6.45) is 3.17. The number of anilines is 1. The number of aromatic nitrogens is 3. The van der Waals surface area contributed by atoms with E-state index >= 15 is 0 Å². The molecule has 28 heavy (non-hydrogen) atoms. The van der Waals surface area contributed by atoms with E-state index in [2.05, 4.69) is 26.7 Å². The Labute approximate surface area is 161 Å². The Hall–Kier alpha value is -3.92. The zero-order valence-electron chi connectivity index (χ0n) is 15.3. The van der Waals surface area contributed by atoms with Gasteiger partial charge in [-0.2, -0.15) is 5.26 Å². The standard InChI is InChI=1S/C21H18N6O/c1-14-11-19(24-9-10-25-21(28)15-5-4-8-23-13-15)27-18-7-3-2-6-17(18)26-20(27)16(14)12-22/h2-8,11,13,24H,9-10H2,1H3,(H,25,28). The van der Waals surface area contributed by atoms with Crippen molar-refractivity contribution in [3.05, 3.63) is 71.5 Å². The predicted molar refractivity (Wildman–Crippen MR) is 107 cm³/mol. The lowest BCUT2D eigenvalue weighted by Gasteiger charge is -2.13. The molecule has 0 radical (unpaired) electrons. The SMILES string of the molecule is Cc1cc(NCCNC(=O)c2cccnc2)n2c(nc3ccccc32)c1C#N. The van der Waals surface area contributed by atoms with Gasteiger partial charge in [0.25, 0.3) is 5.91 Å². The second kappa shape index (κ2) is 7.37. The molecule has 0 aliphatic heterocycles. The number of nitriles is 1. The fraction of sp³-hybridized carbons (Fsp3) is 0.143. The molecule has 3 aromatic heterocycles. The van der Waals surface area contributed by atoms with Crippen LogP contribution in [-0.4, -0.2) is 33.4 Å². The van der Waals surface area contributed by atoms with Gasteiger partial charge in [0.05, 0.1) is 22.2 Å². The Morgan fingerprint density at radius 2 is 2.07 bits per heavy atom. The lowest BCUT2D eigenvalue weighted by molar-refractivity contribution is 0.0955. The van der Waals surface area contributed by atoms with Gasteiger partial charge in [-0.05, 0) is 42.8 Å². The summed E-state index contributed by atoms with van der Waals surface area (Å²) in [4.78, 5) is 20.7. The maximum absolute atomic E-state index is 12.1. The molecule has 0 aliphatic carbocycles. The van der Waals surface area contributed by atoms with Crippen LogP contribution in [0.4, 0.5) is 5.82 Å². The van der Waals surface area contributed by atoms with Crippen molar-refractivity contribution in [3.63, 3.8) is 0 Å². The summed E-state index contributed by atoms with van der Waals surface area (Å²) in [5.74, 6) is 0.667. The van der Waals surface area contributed by atoms with Crippen molar-refractivity contribution in [3.8, 4) is 6.07 Å². The fourth-order valence-electron chi connectivity index (χ4n) is 3.19. The number of nitrogens with zero attached hydrogens (tertiary/aromatic N) is 4. The van der Waals surface area contributed by atoms with Gasteiger partial charge < -0.3 is 10.6 Å². The normalized spacial score (nSPS) is 10.7. The molecule has 1 aromatic carbocycles. The van der Waals surface area contributed by atoms with Gasteiger partial charge in [-0.15, -0.1) is 0 Å². The van der Waals surface area contributed by atoms with Gasteiger partial charge in [-0.1, -0.05) is 12.1 Å². The number of hydrogen-bond donors (Lipinski definition) is 2. The Bertz CT molecular complexity index is 1210. The first-order valence-electron chi connectivity index (χ1n) is 8.92. The molecule has 0 spiro atoms. The van der Waals surface area contributed by atoms with Crippen LogP contribution in [-0.2, 0) is 0 Å². The summed E-state index contributed by atoms with van der Waals surface area (Å²) < 4.78 is 1.95. The van der Waals surface area contributed by atoms with Crippen LogP contribution in [0.1, 0.15) is 21.5 Å². The Morgan fingerprint density at radius 3 is 2.86 bits per heavy atom. The van der Waals surface area contributed by atoms with Crippen LogP contribution in [0.15, 0.2) is 54.9 Å². The highest BCUT2D eigenvalue weighted by Gasteiger charge is 2.14. The second-order valence-electron chi connectivity index (χ2n) is 6.38. The predicted octanol–water partition coefficient (Wildman–Crippen LogP) is 2.90. The van der Waals surface area contributed by atoms with Gasteiger partial charge in [0.15, 0.2) is 5.65 Å². The van der Waals surface area contributed by atoms with Crippen LogP contribution < -0.4 is 10.6 Å². The summed E-state index contributed by atoms with van der Waals surface area (Å²) in [7, 11) is 0. The van der Waals surface area contributed by atoms with Crippen molar-refractivity contribution in [1.82, 2.24) is 19.7 Å². The van der Waals surface area contributed by atoms with Crippen molar-refractivity contribution >= 4 is 28.4 Å². The molecular weight excluding hydrogens is 352 g/mol. The zero-order valence-corrected chi connectivity index (χ0v) is 15.3. The summed E-state index contributed by atoms with van der Waals surface area (Å²) in [5, 5.41) is 15.8. The van der Waals surface area contributed by atoms with Crippen LogP contribution >= 0.6 is 0 Å². The molecule has 3 heterocycles. The van der Waals surface area contributed by atoms with E-state index in [9.17, 15) is 10.1 Å². The molecule has 1 amide bonds. The minimum absolute atomic E-state index is 0.163. The largest absolute Gasteiger partial charge is 0.369 e. The number of imidazole rings is 1. The minimum atomic E-state index is -0.163. The van der Waals surface area contributed by atoms with Crippen LogP contribution in [0, 0.1) is 18.3 Å². The number of amides is 1. The van der Waals surface area contributed by atoms with E-state index in [1.54, 1.807) is 18.3 Å². The number of carbonyl (C=O) groups is 1. The maximum atomic E-state index is 12.1. The quantitative estimate of drug-likeness (QED) is 0.527. The van der Waals surface area contributed by atoms with Gasteiger partial charge in [0, 0.05) is 25.5 Å². The molecule has 0 saturated carbocycles. The molecule has 2 N–H and O–H groups in total. The van der Waals surface area contributed by atoms with E-state index < -0.39 is 0 Å². The fourth-order valence-corrected chi connectivity index (χ4v) is 3.19. The van der Waals surface area contributed by atoms with Crippen LogP contribution in [0.2, 0.25) is 0 Å². The first kappa shape index (κ1) is 17.5. The summed E-state index contributed by atoms with van der Waals surface area (Å²) in [5.41, 5.74) is 4.33. The first-order chi connectivity index (χ1) is 13.7. The highest BCUT2D eigenvalue weighted by molar-refractivity contribution is 5.93. The number of carbonyl (C=O) groups excluding carboxylic acids is 1. The third kappa shape index (κ3) is 3.12. The van der Waals surface area contributed by atoms with Crippen molar-refractivity contribution in [1.29, 1.82) is 5.26 Å². The second-order valence-corrected chi connectivity index (χ2v) is 6.38. The average Bonchev–Trinajstić information content (AvgIpc) is 3.11. The first-order valence-corrected chi connectivity index (χ1v) is 8.92. The van der Waals surface area contributed by atoms with Crippen molar-refractivity contribution < 1.29 is 4.79 Å². The number of pyridine rings is 2. The summed E-state index contributed by atoms with van der Waals surface area (Å²) in [6, 6.07) is 15.4. The van der Waals surface area contributed by atoms with Crippen LogP contribution in [0.25, 0.3) is 16.7 Å². The number of aryl methyl sites for hydroxylation is 1. The number of benzene rings is 1. The molecule has 4 aromatic rings. The van der Waals surface area contributed by atoms with Crippen LogP contribution in [0.5, 0.6) is 0 Å². The van der Waals surface area contributed by atoms with Gasteiger partial charge in [-0.3, -0.25) is 14.2 Å². The van der Waals surface area contributed by atoms with E-state index in [0.29, 0.717) is 29.9 Å². The Morgan fingerprint density at radius 1 is 1.21 bits per heavy atom. The summed E-state index contributed by atoms with van der Waals surface area (Å²) >= 11 is 0. The third-order valence-corrected chi connectivity index (χ3v) is 4.53. The third-order valence-electron chi connectivity index (χ3n) is 4.53. The molecular formula is C21H18N6O. The molecule has 0 unspecified atom stereocenters. The topological polar surface area (TPSA) is 95.1 Å². The maximum Gasteiger partial charge on any atom is 0.252 e. The highest BCUT2D eigenvalue weighted by Crippen LogP contribution is 2.26. The van der Waals surface area contributed by atoms with Crippen molar-refractivity contribution in [2.75, 3.05) is 18.4 Å². The van der Waals surface area contributed by atoms with Crippen molar-refractivity contribution in [2.24, 2.45) is 0 Å². The molecule has 0 atom stereocenters. The number of fused-ring (bicyclic) bond motifs is 3. The molecule has 0 saturated heterocycles. The van der Waals surface area contributed by atoms with E-state index in [-0.39, 0.29) is 5.91 Å². The van der Waals surface area contributed by atoms with Crippen molar-refractivity contribution in [2.45, 2.75) is 6.92 Å². The Balaban J connectivity index is 1.57. The van der Waals surface area contributed by atoms with E-state index in [1.807, 2.05) is 41.7 Å². The summed E-state index contributed by atoms with van der Waals surface area (Å²) in [6.45, 7) is 2.87. The van der Waals surface area contributed by atoms with Gasteiger partial charge in [0.1, 0.15) is 11.9 Å². The molecule has 0 fully saturated rings. The lowest BCUT2D eigenvalue weighted by atomic mass is 10.1. The van der Waals surface area contributed by atoms with Gasteiger partial charge in [0.2, 0.25) is 0 Å². The molecule has 7 heteroatoms. The van der Waals surface area contributed by atoms with Crippen LogP contribution in [0.3, 0.4) is 0 Å². The number of nitrogens with one attached hydrogen (secondary N) is 2. The monoisotopic (exact) mass is 370 g/mol. The van der Waals surface area contributed by atoms with E-state index in [4.69, 9.17) is 0 Å². The number of rotatable bonds is 5. The highest BCUT2D eigenvalue weighted by atomic mass is 16.1. The lowest BCUT2D eigenvalue weighted by Crippen LogP contribution is -2.29. The zero-order chi connectivity index (χ0) is 19.5. The minimum Gasteiger partial charge on any atom is -0.369 e. The number of hydrogen-bond acceptors (Lipinski definition) is 5. The Kier molecular flexibility index (Phi) is 4.60. The average molecular weight is 370 g/mol. The molecule has 0 bridgehead atoms. The van der Waals surface area contributed by atoms with E-state index in [0.717, 1.165) is 22.4 Å². The molecule has 4 rings (SSSR count). The van der Waals surface area contributed by atoms with Gasteiger partial charge >= 0.3 is 0 Å². The molecule has 138 valence electrons. The molecule has 7 nitrogen and oxygen atoms in total. The van der Waals surface area contributed by atoms with E-state index in [1.165, 1.54) is 6.20 Å².